The molecule has 12 nitrogen and oxygen atoms in total. The van der Waals surface area contributed by atoms with E-state index in [9.17, 15) is 23.9 Å². The van der Waals surface area contributed by atoms with E-state index in [1.54, 1.807) is 11.8 Å². The second-order valence-electron chi connectivity index (χ2n) is 18.8. The normalized spacial score (nSPS) is 22.4. The Labute approximate surface area is 384 Å². The van der Waals surface area contributed by atoms with Crippen LogP contribution in [-0.2, 0) is 19.1 Å². The van der Waals surface area contributed by atoms with Gasteiger partial charge in [-0.3, -0.25) is 14.4 Å². The van der Waals surface area contributed by atoms with Crippen LogP contribution in [0.25, 0.3) is 16.2 Å². The van der Waals surface area contributed by atoms with Crippen molar-refractivity contribution in [3.63, 3.8) is 0 Å². The van der Waals surface area contributed by atoms with Crippen molar-refractivity contribution in [1.29, 1.82) is 0 Å². The third-order valence-corrected chi connectivity index (χ3v) is 15.0. The molecule has 2 unspecified atom stereocenters. The summed E-state index contributed by atoms with van der Waals surface area (Å²) >= 11 is 3.22. The number of unbranched alkanes of at least 4 members (excludes halogenated alkanes) is 1. The second-order valence-corrected chi connectivity index (χ2v) is 20.6. The predicted molar refractivity (Wildman–Crippen MR) is 249 cm³/mol. The van der Waals surface area contributed by atoms with Gasteiger partial charge in [-0.05, 0) is 73.6 Å². The van der Waals surface area contributed by atoms with Crippen LogP contribution >= 0.6 is 23.1 Å². The summed E-state index contributed by atoms with van der Waals surface area (Å²) in [5.41, 5.74) is 3.55. The summed E-state index contributed by atoms with van der Waals surface area (Å²) in [6.45, 7) is 12.6. The molecule has 6 atom stereocenters. The number of anilines is 1. The molecule has 3 aliphatic heterocycles. The summed E-state index contributed by atoms with van der Waals surface area (Å²) in [6, 6.07) is 8.69. The van der Waals surface area contributed by atoms with Crippen molar-refractivity contribution in [3.8, 4) is 17.0 Å². The number of hydrogen-bond acceptors (Lipinski definition) is 11. The van der Waals surface area contributed by atoms with Gasteiger partial charge in [0.2, 0.25) is 23.5 Å². The van der Waals surface area contributed by atoms with Crippen LogP contribution in [0.1, 0.15) is 110 Å². The molecule has 348 valence electrons. The van der Waals surface area contributed by atoms with Crippen LogP contribution in [0.3, 0.4) is 0 Å². The monoisotopic (exact) mass is 922 g/mol. The maximum atomic E-state index is 15.1. The number of nitrogens with zero attached hydrogens (tertiary/aromatic N) is 3. The molecule has 0 radical (unpaired) electrons. The van der Waals surface area contributed by atoms with Crippen LogP contribution < -0.4 is 25.6 Å². The number of morpholine rings is 1. The topological polar surface area (TPSA) is 145 Å². The van der Waals surface area contributed by atoms with Crippen molar-refractivity contribution < 1.29 is 37.7 Å². The van der Waals surface area contributed by atoms with Crippen molar-refractivity contribution in [2.24, 2.45) is 17.3 Å². The molecule has 4 aliphatic rings. The number of aliphatic hydroxyl groups excluding tert-OH is 1. The van der Waals surface area contributed by atoms with Crippen molar-refractivity contribution in [2.45, 2.75) is 117 Å². The standard InChI is InChI=1S/C48H64F2N6O6S2/c1-29(33-12-14-34(15-13-33)43-30(2)51-28-64-43)52-45(59)39-25-35(57)26-56(39)46(60)44(48(3,4)5)54-40(58)9-7-6-8-31-10-11-32(24-31)18-21-62-42-36(16-17-37(49)41(42)50)38-27-63-47(53-38)55-19-22-61-23-20-55/h12-17,27,29,31-32,35,39,44,51,57H,6-11,18-26,28H2,1-5H3,(H,52,59)(H,54,58)/t29-,31?,32?,35+,39-,44+/m0/s1. The fourth-order valence-corrected chi connectivity index (χ4v) is 11.2. The van der Waals surface area contributed by atoms with Gasteiger partial charge in [0, 0.05) is 54.0 Å². The molecular weight excluding hydrogens is 859 g/mol. The average Bonchev–Trinajstić information content (AvgIpc) is 4.11. The fraction of sp³-hybridized carbons (Fsp3) is 0.583. The van der Waals surface area contributed by atoms with Gasteiger partial charge in [0.25, 0.3) is 0 Å². The number of ether oxygens (including phenoxy) is 2. The van der Waals surface area contributed by atoms with E-state index in [1.807, 2.05) is 45.2 Å². The van der Waals surface area contributed by atoms with Crippen LogP contribution in [0.2, 0.25) is 0 Å². The number of carbonyl (C=O) groups is 3. The van der Waals surface area contributed by atoms with E-state index in [1.165, 1.54) is 27.2 Å². The smallest absolute Gasteiger partial charge is 0.246 e. The maximum absolute atomic E-state index is 15.1. The van der Waals surface area contributed by atoms with Gasteiger partial charge in [-0.2, -0.15) is 4.39 Å². The first-order valence-electron chi connectivity index (χ1n) is 22.8. The van der Waals surface area contributed by atoms with Crippen LogP contribution in [-0.4, -0.2) is 96.2 Å². The molecule has 3 aromatic rings. The van der Waals surface area contributed by atoms with Gasteiger partial charge in [0.05, 0.1) is 43.5 Å². The number of likely N-dealkylation sites (tertiary alicyclic amines) is 1. The number of halogens is 2. The van der Waals surface area contributed by atoms with Gasteiger partial charge < -0.3 is 40.3 Å². The first kappa shape index (κ1) is 47.7. The number of allylic oxidation sites excluding steroid dienone is 1. The third kappa shape index (κ3) is 11.8. The zero-order chi connectivity index (χ0) is 45.5. The highest BCUT2D eigenvalue weighted by Gasteiger charge is 2.44. The maximum Gasteiger partial charge on any atom is 0.246 e. The summed E-state index contributed by atoms with van der Waals surface area (Å²) in [5.74, 6) is -1.22. The Morgan fingerprint density at radius 3 is 2.45 bits per heavy atom. The molecule has 1 aliphatic carbocycles. The highest BCUT2D eigenvalue weighted by atomic mass is 32.2. The Hall–Kier alpha value is -4.25. The van der Waals surface area contributed by atoms with E-state index < -0.39 is 35.2 Å². The van der Waals surface area contributed by atoms with E-state index in [4.69, 9.17) is 14.5 Å². The molecule has 7 rings (SSSR count). The highest BCUT2D eigenvalue weighted by Crippen LogP contribution is 2.39. The van der Waals surface area contributed by atoms with Crippen molar-refractivity contribution in [3.05, 3.63) is 70.2 Å². The first-order valence-corrected chi connectivity index (χ1v) is 24.7. The number of β-amino-alcohol motifs (C(OH)–C–C–N with tert-alkyl or cyclic N) is 1. The lowest BCUT2D eigenvalue weighted by Gasteiger charge is -2.35. The Kier molecular flexibility index (Phi) is 15.9. The lowest BCUT2D eigenvalue weighted by atomic mass is 9.85. The minimum absolute atomic E-state index is 0.0168. The van der Waals surface area contributed by atoms with Crippen molar-refractivity contribution in [2.75, 3.05) is 50.2 Å². The number of nitrogens with one attached hydrogen (secondary N) is 3. The third-order valence-electron chi connectivity index (χ3n) is 13.0. The van der Waals surface area contributed by atoms with Gasteiger partial charge >= 0.3 is 0 Å². The molecule has 64 heavy (non-hydrogen) atoms. The zero-order valence-corrected chi connectivity index (χ0v) is 39.4. The summed E-state index contributed by atoms with van der Waals surface area (Å²) < 4.78 is 40.9. The summed E-state index contributed by atoms with van der Waals surface area (Å²) in [5, 5.41) is 22.7. The number of rotatable bonds is 17. The largest absolute Gasteiger partial charge is 0.490 e. The molecule has 16 heteroatoms. The first-order chi connectivity index (χ1) is 30.7. The van der Waals surface area contributed by atoms with Crippen LogP contribution in [0.15, 0.2) is 47.5 Å². The molecule has 2 saturated heterocycles. The second kappa shape index (κ2) is 21.4. The van der Waals surface area contributed by atoms with Crippen LogP contribution in [0, 0.1) is 28.9 Å². The molecule has 0 spiro atoms. The molecule has 2 aromatic carbocycles. The highest BCUT2D eigenvalue weighted by molar-refractivity contribution is 8.08. The van der Waals surface area contributed by atoms with Gasteiger partial charge in [-0.1, -0.05) is 70.7 Å². The molecule has 3 amide bonds. The summed E-state index contributed by atoms with van der Waals surface area (Å²) in [6.07, 6.45) is 5.89. The average molecular weight is 923 g/mol. The fourth-order valence-electron chi connectivity index (χ4n) is 9.29. The lowest BCUT2D eigenvalue weighted by Crippen LogP contribution is -2.57. The zero-order valence-electron chi connectivity index (χ0n) is 37.7. The minimum atomic E-state index is -1.00. The predicted octanol–water partition coefficient (Wildman–Crippen LogP) is 8.02. The van der Waals surface area contributed by atoms with Crippen molar-refractivity contribution >= 4 is 50.9 Å². The molecule has 0 bridgehead atoms. The van der Waals surface area contributed by atoms with E-state index >= 15 is 4.39 Å². The van der Waals surface area contributed by atoms with E-state index in [-0.39, 0.29) is 55.5 Å². The Morgan fingerprint density at radius 2 is 1.75 bits per heavy atom. The molecule has 3 fully saturated rings. The Morgan fingerprint density at radius 1 is 1.02 bits per heavy atom. The molecule has 4 heterocycles. The summed E-state index contributed by atoms with van der Waals surface area (Å²) in [7, 11) is 0. The van der Waals surface area contributed by atoms with Gasteiger partial charge in [0.15, 0.2) is 16.7 Å². The number of aliphatic hydroxyl groups is 1. The number of benzene rings is 2. The molecule has 1 aromatic heterocycles. The number of amides is 3. The Balaban J connectivity index is 0.845. The van der Waals surface area contributed by atoms with E-state index in [0.717, 1.165) is 85.5 Å². The van der Waals surface area contributed by atoms with E-state index in [2.05, 4.69) is 39.9 Å². The molecule has 1 saturated carbocycles. The number of carbonyl (C=O) groups excluding carboxylic acids is 3. The van der Waals surface area contributed by atoms with E-state index in [0.29, 0.717) is 42.7 Å². The number of thioether (sulfide) groups is 1. The number of hydrogen-bond donors (Lipinski definition) is 4. The van der Waals surface area contributed by atoms with Crippen LogP contribution in [0.5, 0.6) is 5.75 Å². The van der Waals surface area contributed by atoms with Gasteiger partial charge in [0.1, 0.15) is 12.1 Å². The number of aromatic nitrogens is 1. The van der Waals surface area contributed by atoms with Crippen LogP contribution in [0.4, 0.5) is 13.9 Å². The minimum Gasteiger partial charge on any atom is -0.490 e. The quantitative estimate of drug-likeness (QED) is 0.0983. The van der Waals surface area contributed by atoms with Gasteiger partial charge in [-0.15, -0.1) is 23.1 Å². The molecular formula is C48H64F2N6O6S2. The molecule has 4 N–H and O–H groups in total. The van der Waals surface area contributed by atoms with Crippen molar-refractivity contribution in [1.82, 2.24) is 25.8 Å². The van der Waals surface area contributed by atoms with Gasteiger partial charge in [-0.25, -0.2) is 9.37 Å². The SMILES string of the molecule is CC1=C(c2ccc([C@H](C)NC(=O)[C@@H]3C[C@@H](O)CN3C(=O)[C@@H](NC(=O)CCCCC3CCC(CCOc4c(-c5csc(N6CCOCC6)n5)ccc(F)c4F)C3)C(C)(C)C)cc2)SCN1. The lowest BCUT2D eigenvalue weighted by molar-refractivity contribution is -0.144. The summed E-state index contributed by atoms with van der Waals surface area (Å²) in [4.78, 5) is 50.7. The Bertz CT molecular complexity index is 2140. The number of thiazole rings is 1.